The fraction of sp³-hybridized carbons (Fsp3) is 0.217. The Labute approximate surface area is 170 Å². The maximum Gasteiger partial charge on any atom is 0.255 e. The van der Waals surface area contributed by atoms with Crippen LogP contribution in [-0.2, 0) is 0 Å². The Kier molecular flexibility index (Phi) is 5.61. The van der Waals surface area contributed by atoms with Gasteiger partial charge >= 0.3 is 0 Å². The van der Waals surface area contributed by atoms with E-state index in [0.29, 0.717) is 17.0 Å². The standard InChI is InChI=1S/C23H24N4O2/c1-29-21-9-5-6-19(17-21)25-23(28)18-10-11-24-22(16-18)27-14-12-26(13-15-27)20-7-3-2-4-8-20/h2-11,16-17H,12-15H2,1H3,(H,25,28). The van der Waals surface area contributed by atoms with Crippen molar-refractivity contribution in [2.45, 2.75) is 0 Å². The van der Waals surface area contributed by atoms with E-state index in [1.165, 1.54) is 5.69 Å². The van der Waals surface area contributed by atoms with Crippen molar-refractivity contribution in [3.63, 3.8) is 0 Å². The molecule has 2 aromatic carbocycles. The molecule has 0 spiro atoms. The van der Waals surface area contributed by atoms with Gasteiger partial charge in [-0.2, -0.15) is 0 Å². The molecule has 0 saturated carbocycles. The Morgan fingerprint density at radius 1 is 0.931 bits per heavy atom. The number of hydrogen-bond acceptors (Lipinski definition) is 5. The average molecular weight is 388 g/mol. The Balaban J connectivity index is 1.41. The summed E-state index contributed by atoms with van der Waals surface area (Å²) in [7, 11) is 1.60. The van der Waals surface area contributed by atoms with E-state index < -0.39 is 0 Å². The van der Waals surface area contributed by atoms with Gasteiger partial charge in [-0.15, -0.1) is 0 Å². The van der Waals surface area contributed by atoms with Crippen molar-refractivity contribution in [2.24, 2.45) is 0 Å². The molecule has 1 fully saturated rings. The molecule has 1 N–H and O–H groups in total. The summed E-state index contributed by atoms with van der Waals surface area (Å²) in [5.74, 6) is 1.37. The first kappa shape index (κ1) is 18.8. The Morgan fingerprint density at radius 2 is 1.69 bits per heavy atom. The van der Waals surface area contributed by atoms with Gasteiger partial charge < -0.3 is 19.9 Å². The van der Waals surface area contributed by atoms with Crippen molar-refractivity contribution in [3.05, 3.63) is 78.5 Å². The molecule has 6 heteroatoms. The zero-order chi connectivity index (χ0) is 20.1. The number of carbonyl (C=O) groups is 1. The fourth-order valence-corrected chi connectivity index (χ4v) is 3.47. The van der Waals surface area contributed by atoms with Gasteiger partial charge in [0, 0.05) is 55.4 Å². The molecular formula is C23H24N4O2. The number of anilines is 3. The molecule has 1 aliphatic rings. The van der Waals surface area contributed by atoms with Crippen LogP contribution in [0.1, 0.15) is 10.4 Å². The summed E-state index contributed by atoms with van der Waals surface area (Å²) in [6.07, 6.45) is 1.69. The van der Waals surface area contributed by atoms with E-state index in [9.17, 15) is 4.79 Å². The zero-order valence-electron chi connectivity index (χ0n) is 16.4. The van der Waals surface area contributed by atoms with Crippen LogP contribution in [0, 0.1) is 0 Å². The van der Waals surface area contributed by atoms with Gasteiger partial charge in [-0.25, -0.2) is 4.98 Å². The third-order valence-electron chi connectivity index (χ3n) is 5.06. The van der Waals surface area contributed by atoms with Crippen LogP contribution >= 0.6 is 0 Å². The minimum absolute atomic E-state index is 0.162. The first-order valence-corrected chi connectivity index (χ1v) is 9.69. The maximum absolute atomic E-state index is 12.7. The predicted octanol–water partition coefficient (Wildman–Crippen LogP) is 3.67. The number of methoxy groups -OCH3 is 1. The van der Waals surface area contributed by atoms with Crippen LogP contribution in [-0.4, -0.2) is 44.2 Å². The molecular weight excluding hydrogens is 364 g/mol. The molecule has 6 nitrogen and oxygen atoms in total. The van der Waals surface area contributed by atoms with Crippen molar-refractivity contribution < 1.29 is 9.53 Å². The second-order valence-electron chi connectivity index (χ2n) is 6.90. The molecule has 148 valence electrons. The highest BCUT2D eigenvalue weighted by Gasteiger charge is 2.19. The number of para-hydroxylation sites is 1. The first-order valence-electron chi connectivity index (χ1n) is 9.69. The summed E-state index contributed by atoms with van der Waals surface area (Å²) in [4.78, 5) is 21.8. The third-order valence-corrected chi connectivity index (χ3v) is 5.06. The summed E-state index contributed by atoms with van der Waals surface area (Å²) in [5.41, 5.74) is 2.53. The minimum atomic E-state index is -0.162. The minimum Gasteiger partial charge on any atom is -0.497 e. The van der Waals surface area contributed by atoms with E-state index in [-0.39, 0.29) is 5.91 Å². The van der Waals surface area contributed by atoms with Crippen LogP contribution in [0.2, 0.25) is 0 Å². The van der Waals surface area contributed by atoms with E-state index in [1.54, 1.807) is 25.4 Å². The number of carbonyl (C=O) groups excluding carboxylic acids is 1. The van der Waals surface area contributed by atoms with Gasteiger partial charge in [0.2, 0.25) is 0 Å². The Bertz CT molecular complexity index is 969. The van der Waals surface area contributed by atoms with Crippen LogP contribution in [0.15, 0.2) is 72.9 Å². The quantitative estimate of drug-likeness (QED) is 0.723. The number of rotatable bonds is 5. The van der Waals surface area contributed by atoms with Gasteiger partial charge in [-0.05, 0) is 36.4 Å². The summed E-state index contributed by atoms with van der Waals surface area (Å²) < 4.78 is 5.21. The maximum atomic E-state index is 12.7. The lowest BCUT2D eigenvalue weighted by Gasteiger charge is -2.36. The van der Waals surface area contributed by atoms with Crippen LogP contribution in [0.25, 0.3) is 0 Å². The lowest BCUT2D eigenvalue weighted by Crippen LogP contribution is -2.46. The van der Waals surface area contributed by atoms with E-state index in [2.05, 4.69) is 44.4 Å². The average Bonchev–Trinajstić information content (AvgIpc) is 2.80. The number of piperazine rings is 1. The van der Waals surface area contributed by atoms with Gasteiger partial charge in [-0.1, -0.05) is 24.3 Å². The van der Waals surface area contributed by atoms with E-state index >= 15 is 0 Å². The monoisotopic (exact) mass is 388 g/mol. The van der Waals surface area contributed by atoms with Gasteiger partial charge in [0.1, 0.15) is 11.6 Å². The van der Waals surface area contributed by atoms with Crippen LogP contribution in [0.5, 0.6) is 5.75 Å². The summed E-state index contributed by atoms with van der Waals surface area (Å²) in [6.45, 7) is 3.57. The number of benzene rings is 2. The second-order valence-corrected chi connectivity index (χ2v) is 6.90. The number of hydrogen-bond donors (Lipinski definition) is 1. The van der Waals surface area contributed by atoms with Crippen LogP contribution < -0.4 is 19.9 Å². The smallest absolute Gasteiger partial charge is 0.255 e. The van der Waals surface area contributed by atoms with E-state index in [1.807, 2.05) is 30.3 Å². The fourth-order valence-electron chi connectivity index (χ4n) is 3.47. The van der Waals surface area contributed by atoms with Gasteiger partial charge in [-0.3, -0.25) is 4.79 Å². The van der Waals surface area contributed by atoms with Crippen LogP contribution in [0.4, 0.5) is 17.2 Å². The third kappa shape index (κ3) is 4.48. The molecule has 0 aliphatic carbocycles. The van der Waals surface area contributed by atoms with Gasteiger partial charge in [0.05, 0.1) is 7.11 Å². The SMILES string of the molecule is COc1cccc(NC(=O)c2ccnc(N3CCN(c4ccccc4)CC3)c2)c1. The molecule has 4 rings (SSSR count). The van der Waals surface area contributed by atoms with Crippen molar-refractivity contribution in [1.29, 1.82) is 0 Å². The highest BCUT2D eigenvalue weighted by molar-refractivity contribution is 6.04. The summed E-state index contributed by atoms with van der Waals surface area (Å²) >= 11 is 0. The lowest BCUT2D eigenvalue weighted by molar-refractivity contribution is 0.102. The molecule has 0 unspecified atom stereocenters. The number of pyridine rings is 1. The van der Waals surface area contributed by atoms with Crippen molar-refractivity contribution in [3.8, 4) is 5.75 Å². The molecule has 0 bridgehead atoms. The first-order chi connectivity index (χ1) is 14.2. The molecule has 1 aromatic heterocycles. The Hall–Kier alpha value is -3.54. The highest BCUT2D eigenvalue weighted by Crippen LogP contribution is 2.21. The van der Waals surface area contributed by atoms with Crippen molar-refractivity contribution in [2.75, 3.05) is 48.4 Å². The molecule has 3 aromatic rings. The number of nitrogens with one attached hydrogen (secondary N) is 1. The molecule has 2 heterocycles. The molecule has 0 radical (unpaired) electrons. The van der Waals surface area contributed by atoms with E-state index in [0.717, 1.165) is 32.0 Å². The Morgan fingerprint density at radius 3 is 2.45 bits per heavy atom. The zero-order valence-corrected chi connectivity index (χ0v) is 16.4. The van der Waals surface area contributed by atoms with Gasteiger partial charge in [0.15, 0.2) is 0 Å². The van der Waals surface area contributed by atoms with E-state index in [4.69, 9.17) is 4.74 Å². The topological polar surface area (TPSA) is 57.7 Å². The largest absolute Gasteiger partial charge is 0.497 e. The number of amides is 1. The number of nitrogens with zero attached hydrogens (tertiary/aromatic N) is 3. The number of aromatic nitrogens is 1. The molecule has 1 amide bonds. The molecule has 1 saturated heterocycles. The predicted molar refractivity (Wildman–Crippen MR) is 116 cm³/mol. The summed E-state index contributed by atoms with van der Waals surface area (Å²) in [5, 5.41) is 2.92. The van der Waals surface area contributed by atoms with Crippen LogP contribution in [0.3, 0.4) is 0 Å². The molecule has 0 atom stereocenters. The molecule has 29 heavy (non-hydrogen) atoms. The van der Waals surface area contributed by atoms with Crippen molar-refractivity contribution >= 4 is 23.1 Å². The highest BCUT2D eigenvalue weighted by atomic mass is 16.5. The lowest BCUT2D eigenvalue weighted by atomic mass is 10.2. The van der Waals surface area contributed by atoms with Crippen molar-refractivity contribution in [1.82, 2.24) is 4.98 Å². The second kappa shape index (κ2) is 8.65. The molecule has 1 aliphatic heterocycles. The normalized spacial score (nSPS) is 13.8. The summed E-state index contributed by atoms with van der Waals surface area (Å²) in [6, 6.07) is 21.3. The number of ether oxygens (including phenoxy) is 1. The van der Waals surface area contributed by atoms with Gasteiger partial charge in [0.25, 0.3) is 5.91 Å².